The van der Waals surface area contributed by atoms with E-state index in [1.165, 1.54) is 19.2 Å². The van der Waals surface area contributed by atoms with Crippen molar-refractivity contribution >= 4 is 38.9 Å². The van der Waals surface area contributed by atoms with E-state index >= 15 is 0 Å². The molecule has 0 spiro atoms. The summed E-state index contributed by atoms with van der Waals surface area (Å²) in [6, 6.07) is 11.2. The van der Waals surface area contributed by atoms with Crippen molar-refractivity contribution in [2.75, 3.05) is 11.4 Å². The molecule has 0 unspecified atom stereocenters. The van der Waals surface area contributed by atoms with Crippen LogP contribution in [0.4, 0.5) is 5.69 Å². The van der Waals surface area contributed by atoms with Crippen LogP contribution in [-0.2, 0) is 16.6 Å². The smallest absolute Gasteiger partial charge is 0.265 e. The standard InChI is InChI=1S/C14H13Cl2NO3S/c1-17(11-5-3-2-4-6-11)21(19,20)14-7-10(9-18)12(15)8-13(14)16/h2-8,18H,9H2,1H3. The van der Waals surface area contributed by atoms with Gasteiger partial charge in [-0.3, -0.25) is 4.31 Å². The number of benzene rings is 2. The zero-order valence-electron chi connectivity index (χ0n) is 11.1. The molecule has 7 heteroatoms. The third-order valence-electron chi connectivity index (χ3n) is 3.03. The Labute approximate surface area is 133 Å². The second-order valence-corrected chi connectivity index (χ2v) is 7.09. The van der Waals surface area contributed by atoms with Gasteiger partial charge >= 0.3 is 0 Å². The van der Waals surface area contributed by atoms with Crippen LogP contribution in [0.1, 0.15) is 5.56 Å². The second-order valence-electron chi connectivity index (χ2n) is 4.34. The van der Waals surface area contributed by atoms with Crippen molar-refractivity contribution in [3.05, 3.63) is 58.1 Å². The van der Waals surface area contributed by atoms with Crippen molar-refractivity contribution in [3.63, 3.8) is 0 Å². The summed E-state index contributed by atoms with van der Waals surface area (Å²) in [5.74, 6) is 0. The molecule has 0 radical (unpaired) electrons. The van der Waals surface area contributed by atoms with Crippen LogP contribution in [0, 0.1) is 0 Å². The van der Waals surface area contributed by atoms with E-state index in [0.29, 0.717) is 11.3 Å². The quantitative estimate of drug-likeness (QED) is 0.924. The molecule has 0 heterocycles. The van der Waals surface area contributed by atoms with E-state index in [2.05, 4.69) is 0 Å². The molecule has 0 bridgehead atoms. The highest BCUT2D eigenvalue weighted by atomic mass is 35.5. The normalized spacial score (nSPS) is 11.4. The highest BCUT2D eigenvalue weighted by Gasteiger charge is 2.25. The molecule has 0 aliphatic heterocycles. The van der Waals surface area contributed by atoms with Crippen LogP contribution in [0.5, 0.6) is 0 Å². The van der Waals surface area contributed by atoms with Crippen LogP contribution in [-0.4, -0.2) is 20.6 Å². The van der Waals surface area contributed by atoms with Crippen molar-refractivity contribution in [1.29, 1.82) is 0 Å². The summed E-state index contributed by atoms with van der Waals surface area (Å²) in [7, 11) is -2.40. The van der Waals surface area contributed by atoms with E-state index < -0.39 is 10.0 Å². The van der Waals surface area contributed by atoms with E-state index in [4.69, 9.17) is 23.2 Å². The summed E-state index contributed by atoms with van der Waals surface area (Å²) in [4.78, 5) is -0.0935. The number of sulfonamides is 1. The number of halogens is 2. The Balaban J connectivity index is 2.54. The summed E-state index contributed by atoms with van der Waals surface area (Å²) < 4.78 is 26.4. The second kappa shape index (κ2) is 6.23. The maximum atomic E-state index is 12.6. The van der Waals surface area contributed by atoms with Gasteiger partial charge in [0, 0.05) is 12.1 Å². The molecule has 21 heavy (non-hydrogen) atoms. The molecule has 0 aromatic heterocycles. The predicted octanol–water partition coefficient (Wildman–Crippen LogP) is 3.31. The maximum Gasteiger partial charge on any atom is 0.265 e. The van der Waals surface area contributed by atoms with Gasteiger partial charge in [0.05, 0.1) is 17.3 Å². The molecule has 0 fully saturated rings. The fourth-order valence-electron chi connectivity index (χ4n) is 1.81. The topological polar surface area (TPSA) is 57.6 Å². The zero-order chi connectivity index (χ0) is 15.6. The van der Waals surface area contributed by atoms with E-state index in [1.54, 1.807) is 30.3 Å². The molecule has 0 saturated heterocycles. The monoisotopic (exact) mass is 345 g/mol. The van der Waals surface area contributed by atoms with Gasteiger partial charge in [0.2, 0.25) is 0 Å². The number of aliphatic hydroxyl groups is 1. The van der Waals surface area contributed by atoms with Gasteiger partial charge in [-0.05, 0) is 29.8 Å². The van der Waals surface area contributed by atoms with E-state index in [-0.39, 0.29) is 21.5 Å². The molecule has 2 aromatic rings. The Morgan fingerprint density at radius 2 is 1.71 bits per heavy atom. The molecule has 0 aliphatic rings. The fraction of sp³-hybridized carbons (Fsp3) is 0.143. The zero-order valence-corrected chi connectivity index (χ0v) is 13.5. The average Bonchev–Trinajstić information content (AvgIpc) is 2.47. The molecule has 0 amide bonds. The Bertz CT molecular complexity index is 748. The van der Waals surface area contributed by atoms with E-state index in [1.807, 2.05) is 0 Å². The number of anilines is 1. The van der Waals surface area contributed by atoms with Crippen LogP contribution < -0.4 is 4.31 Å². The number of aliphatic hydroxyl groups excluding tert-OH is 1. The van der Waals surface area contributed by atoms with Gasteiger partial charge in [-0.1, -0.05) is 41.4 Å². The molecule has 2 rings (SSSR count). The Morgan fingerprint density at radius 1 is 1.10 bits per heavy atom. The number of nitrogens with zero attached hydrogens (tertiary/aromatic N) is 1. The minimum absolute atomic E-state index is 0.0139. The summed E-state index contributed by atoms with van der Waals surface area (Å²) in [6.07, 6.45) is 0. The van der Waals surface area contributed by atoms with Crippen LogP contribution >= 0.6 is 23.2 Å². The predicted molar refractivity (Wildman–Crippen MR) is 84.4 cm³/mol. The molecule has 1 N–H and O–H groups in total. The lowest BCUT2D eigenvalue weighted by molar-refractivity contribution is 0.281. The number of para-hydroxylation sites is 1. The van der Waals surface area contributed by atoms with Gasteiger partial charge in [-0.15, -0.1) is 0 Å². The van der Waals surface area contributed by atoms with Gasteiger partial charge < -0.3 is 5.11 Å². The number of hydrogen-bond donors (Lipinski definition) is 1. The highest BCUT2D eigenvalue weighted by Crippen LogP contribution is 2.31. The van der Waals surface area contributed by atoms with Gasteiger partial charge in [0.25, 0.3) is 10.0 Å². The van der Waals surface area contributed by atoms with Crippen LogP contribution in [0.3, 0.4) is 0 Å². The fourth-order valence-corrected chi connectivity index (χ4v) is 3.84. The lowest BCUT2D eigenvalue weighted by atomic mass is 10.2. The summed E-state index contributed by atoms with van der Waals surface area (Å²) in [5.41, 5.74) is 0.815. The first-order valence-corrected chi connectivity index (χ1v) is 8.20. The summed E-state index contributed by atoms with van der Waals surface area (Å²) in [6.45, 7) is -0.367. The molecule has 112 valence electrons. The molecule has 4 nitrogen and oxygen atoms in total. The molecule has 2 aromatic carbocycles. The SMILES string of the molecule is CN(c1ccccc1)S(=O)(=O)c1cc(CO)c(Cl)cc1Cl. The lowest BCUT2D eigenvalue weighted by Gasteiger charge is -2.20. The third-order valence-corrected chi connectivity index (χ3v) is 5.63. The molecule has 0 saturated carbocycles. The largest absolute Gasteiger partial charge is 0.392 e. The Hall–Kier alpha value is -1.27. The Morgan fingerprint density at radius 3 is 2.29 bits per heavy atom. The molecular weight excluding hydrogens is 333 g/mol. The van der Waals surface area contributed by atoms with Gasteiger partial charge in [0.1, 0.15) is 4.90 Å². The maximum absolute atomic E-state index is 12.6. The third kappa shape index (κ3) is 3.16. The first-order chi connectivity index (χ1) is 9.87. The average molecular weight is 346 g/mol. The first kappa shape index (κ1) is 16.1. The van der Waals surface area contributed by atoms with Crippen molar-refractivity contribution in [3.8, 4) is 0 Å². The molecule has 0 atom stereocenters. The minimum Gasteiger partial charge on any atom is -0.392 e. The van der Waals surface area contributed by atoms with Crippen LogP contribution in [0.25, 0.3) is 0 Å². The Kier molecular flexibility index (Phi) is 4.78. The summed E-state index contributed by atoms with van der Waals surface area (Å²) >= 11 is 11.9. The van der Waals surface area contributed by atoms with Gasteiger partial charge in [0.15, 0.2) is 0 Å². The van der Waals surface area contributed by atoms with Crippen molar-refractivity contribution in [1.82, 2.24) is 0 Å². The minimum atomic E-state index is -3.84. The van der Waals surface area contributed by atoms with Crippen LogP contribution in [0.2, 0.25) is 10.0 Å². The molecule has 0 aliphatic carbocycles. The number of rotatable bonds is 4. The first-order valence-electron chi connectivity index (χ1n) is 6.00. The van der Waals surface area contributed by atoms with E-state index in [9.17, 15) is 13.5 Å². The molecular formula is C14H13Cl2NO3S. The van der Waals surface area contributed by atoms with Crippen LogP contribution in [0.15, 0.2) is 47.4 Å². The summed E-state index contributed by atoms with van der Waals surface area (Å²) in [5, 5.41) is 9.46. The van der Waals surface area contributed by atoms with Gasteiger partial charge in [-0.2, -0.15) is 0 Å². The van der Waals surface area contributed by atoms with Crippen molar-refractivity contribution in [2.45, 2.75) is 11.5 Å². The number of hydrogen-bond acceptors (Lipinski definition) is 3. The highest BCUT2D eigenvalue weighted by molar-refractivity contribution is 7.93. The van der Waals surface area contributed by atoms with Gasteiger partial charge in [-0.25, -0.2) is 8.42 Å². The van der Waals surface area contributed by atoms with E-state index in [0.717, 1.165) is 4.31 Å². The van der Waals surface area contributed by atoms with Crippen molar-refractivity contribution < 1.29 is 13.5 Å². The lowest BCUT2D eigenvalue weighted by Crippen LogP contribution is -2.26. The van der Waals surface area contributed by atoms with Crippen molar-refractivity contribution in [2.24, 2.45) is 0 Å².